The van der Waals surface area contributed by atoms with E-state index in [9.17, 15) is 4.79 Å². The third-order valence-electron chi connectivity index (χ3n) is 2.55. The average Bonchev–Trinajstić information content (AvgIpc) is 2.39. The molecule has 0 bridgehead atoms. The molecule has 1 rings (SSSR count). The molecule has 0 spiro atoms. The summed E-state index contributed by atoms with van der Waals surface area (Å²) in [5.41, 5.74) is 0.922. The van der Waals surface area contributed by atoms with Crippen molar-refractivity contribution >= 4 is 17.5 Å². The summed E-state index contributed by atoms with van der Waals surface area (Å²) in [5.74, 6) is 0.522. The van der Waals surface area contributed by atoms with E-state index >= 15 is 0 Å². The summed E-state index contributed by atoms with van der Waals surface area (Å²) in [6.45, 7) is 6.99. The van der Waals surface area contributed by atoms with E-state index in [-0.39, 0.29) is 5.91 Å². The summed E-state index contributed by atoms with van der Waals surface area (Å²) in [6, 6.07) is 5.47. The molecule has 4 nitrogen and oxygen atoms in total. The molecule has 1 aromatic carbocycles. The number of carbonyl (C=O) groups excluding carboxylic acids is 1. The molecule has 0 radical (unpaired) electrons. The van der Waals surface area contributed by atoms with Gasteiger partial charge in [0.05, 0.1) is 11.6 Å². The Morgan fingerprint density at radius 1 is 1.37 bits per heavy atom. The molecule has 0 aliphatic carbocycles. The van der Waals surface area contributed by atoms with Gasteiger partial charge in [-0.25, -0.2) is 0 Å². The highest BCUT2D eigenvalue weighted by molar-refractivity contribution is 6.32. The Labute approximate surface area is 119 Å². The summed E-state index contributed by atoms with van der Waals surface area (Å²) in [7, 11) is 0. The third-order valence-corrected chi connectivity index (χ3v) is 2.84. The van der Waals surface area contributed by atoms with Crippen LogP contribution in [-0.2, 0) is 16.1 Å². The molecule has 0 aliphatic heterocycles. The SMILES string of the molecule is CCOc1ccc(CNC(=O)[C@H](C)OCC)cc1Cl. The van der Waals surface area contributed by atoms with Crippen molar-refractivity contribution in [3.8, 4) is 5.75 Å². The number of hydrogen-bond donors (Lipinski definition) is 1. The van der Waals surface area contributed by atoms with E-state index in [0.717, 1.165) is 5.56 Å². The molecular formula is C14H20ClNO3. The smallest absolute Gasteiger partial charge is 0.249 e. The van der Waals surface area contributed by atoms with Crippen molar-refractivity contribution in [3.05, 3.63) is 28.8 Å². The summed E-state index contributed by atoms with van der Waals surface area (Å²) in [6.07, 6.45) is -0.442. The summed E-state index contributed by atoms with van der Waals surface area (Å²) < 4.78 is 10.6. The number of rotatable bonds is 7. The molecule has 0 saturated carbocycles. The van der Waals surface area contributed by atoms with Crippen LogP contribution >= 0.6 is 11.6 Å². The lowest BCUT2D eigenvalue weighted by atomic mass is 10.2. The fourth-order valence-electron chi connectivity index (χ4n) is 1.59. The lowest BCUT2D eigenvalue weighted by Gasteiger charge is -2.12. The van der Waals surface area contributed by atoms with Crippen LogP contribution < -0.4 is 10.1 Å². The maximum Gasteiger partial charge on any atom is 0.249 e. The molecule has 0 unspecified atom stereocenters. The van der Waals surface area contributed by atoms with E-state index in [1.807, 2.05) is 19.9 Å². The minimum atomic E-state index is -0.442. The van der Waals surface area contributed by atoms with Gasteiger partial charge in [-0.1, -0.05) is 17.7 Å². The number of carbonyl (C=O) groups is 1. The number of ether oxygens (including phenoxy) is 2. The van der Waals surface area contributed by atoms with Crippen molar-refractivity contribution in [3.63, 3.8) is 0 Å². The Morgan fingerprint density at radius 2 is 2.11 bits per heavy atom. The van der Waals surface area contributed by atoms with Crippen molar-refractivity contribution in [1.82, 2.24) is 5.32 Å². The highest BCUT2D eigenvalue weighted by Crippen LogP contribution is 2.25. The van der Waals surface area contributed by atoms with Gasteiger partial charge in [0.2, 0.25) is 5.91 Å². The molecule has 1 N–H and O–H groups in total. The number of benzene rings is 1. The highest BCUT2D eigenvalue weighted by atomic mass is 35.5. The predicted molar refractivity (Wildman–Crippen MR) is 75.6 cm³/mol. The molecular weight excluding hydrogens is 266 g/mol. The zero-order valence-corrected chi connectivity index (χ0v) is 12.3. The summed E-state index contributed by atoms with van der Waals surface area (Å²) in [4.78, 5) is 11.7. The fraction of sp³-hybridized carbons (Fsp3) is 0.500. The second kappa shape index (κ2) is 8.02. The van der Waals surface area contributed by atoms with Gasteiger partial charge in [0.1, 0.15) is 11.9 Å². The van der Waals surface area contributed by atoms with Gasteiger partial charge in [0.15, 0.2) is 0 Å². The van der Waals surface area contributed by atoms with E-state index in [4.69, 9.17) is 21.1 Å². The molecule has 0 aromatic heterocycles. The number of halogens is 1. The Balaban J connectivity index is 2.54. The predicted octanol–water partition coefficient (Wildman–Crippen LogP) is 2.78. The minimum Gasteiger partial charge on any atom is -0.492 e. The molecule has 19 heavy (non-hydrogen) atoms. The van der Waals surface area contributed by atoms with Gasteiger partial charge in [-0.3, -0.25) is 4.79 Å². The quantitative estimate of drug-likeness (QED) is 0.838. The van der Waals surface area contributed by atoms with Crippen LogP contribution in [0.3, 0.4) is 0 Å². The van der Waals surface area contributed by atoms with E-state index in [1.165, 1.54) is 0 Å². The molecule has 0 saturated heterocycles. The molecule has 106 valence electrons. The molecule has 5 heteroatoms. The van der Waals surface area contributed by atoms with Crippen LogP contribution in [-0.4, -0.2) is 25.2 Å². The van der Waals surface area contributed by atoms with Gasteiger partial charge in [-0.2, -0.15) is 0 Å². The first-order valence-electron chi connectivity index (χ1n) is 6.39. The van der Waals surface area contributed by atoms with Crippen molar-refractivity contribution < 1.29 is 14.3 Å². The maximum absolute atomic E-state index is 11.7. The van der Waals surface area contributed by atoms with Gasteiger partial charge in [0, 0.05) is 13.2 Å². The van der Waals surface area contributed by atoms with Crippen LogP contribution in [0.15, 0.2) is 18.2 Å². The van der Waals surface area contributed by atoms with Crippen LogP contribution in [0.1, 0.15) is 26.3 Å². The topological polar surface area (TPSA) is 47.6 Å². The second-order valence-corrected chi connectivity index (χ2v) is 4.42. The Morgan fingerprint density at radius 3 is 2.68 bits per heavy atom. The standard InChI is InChI=1S/C14H20ClNO3/c1-4-18-10(3)14(17)16-9-11-6-7-13(19-5-2)12(15)8-11/h6-8,10H,4-5,9H2,1-3H3,(H,16,17)/t10-/m0/s1. The fourth-order valence-corrected chi connectivity index (χ4v) is 1.84. The van der Waals surface area contributed by atoms with E-state index in [0.29, 0.717) is 30.5 Å². The van der Waals surface area contributed by atoms with E-state index in [1.54, 1.807) is 19.1 Å². The van der Waals surface area contributed by atoms with Gasteiger partial charge >= 0.3 is 0 Å². The first-order valence-corrected chi connectivity index (χ1v) is 6.76. The van der Waals surface area contributed by atoms with Crippen molar-refractivity contribution in [2.45, 2.75) is 33.4 Å². The van der Waals surface area contributed by atoms with Crippen molar-refractivity contribution in [2.75, 3.05) is 13.2 Å². The van der Waals surface area contributed by atoms with Crippen LogP contribution in [0, 0.1) is 0 Å². The largest absolute Gasteiger partial charge is 0.492 e. The van der Waals surface area contributed by atoms with Crippen molar-refractivity contribution in [1.29, 1.82) is 0 Å². The maximum atomic E-state index is 11.7. The van der Waals surface area contributed by atoms with Gasteiger partial charge in [-0.05, 0) is 38.5 Å². The van der Waals surface area contributed by atoms with Crippen LogP contribution in [0.5, 0.6) is 5.75 Å². The number of hydrogen-bond acceptors (Lipinski definition) is 3. The molecule has 0 fully saturated rings. The van der Waals surface area contributed by atoms with Crippen LogP contribution in [0.4, 0.5) is 0 Å². The zero-order chi connectivity index (χ0) is 14.3. The Kier molecular flexibility index (Phi) is 6.67. The van der Waals surface area contributed by atoms with E-state index < -0.39 is 6.10 Å². The van der Waals surface area contributed by atoms with E-state index in [2.05, 4.69) is 5.32 Å². The number of nitrogens with one attached hydrogen (secondary N) is 1. The minimum absolute atomic E-state index is 0.133. The molecule has 1 atom stereocenters. The van der Waals surface area contributed by atoms with Gasteiger partial charge in [0.25, 0.3) is 0 Å². The van der Waals surface area contributed by atoms with Gasteiger partial charge in [-0.15, -0.1) is 0 Å². The summed E-state index contributed by atoms with van der Waals surface area (Å²) >= 11 is 6.07. The highest BCUT2D eigenvalue weighted by Gasteiger charge is 2.12. The van der Waals surface area contributed by atoms with Gasteiger partial charge < -0.3 is 14.8 Å². The van der Waals surface area contributed by atoms with Crippen LogP contribution in [0.2, 0.25) is 5.02 Å². The first-order chi connectivity index (χ1) is 9.08. The van der Waals surface area contributed by atoms with Crippen LogP contribution in [0.25, 0.3) is 0 Å². The second-order valence-electron chi connectivity index (χ2n) is 4.01. The van der Waals surface area contributed by atoms with Crippen molar-refractivity contribution in [2.24, 2.45) is 0 Å². The lowest BCUT2D eigenvalue weighted by molar-refractivity contribution is -0.131. The normalized spacial score (nSPS) is 12.0. The first kappa shape index (κ1) is 15.8. The number of amides is 1. The Bertz CT molecular complexity index is 423. The Hall–Kier alpha value is -1.26. The molecule has 0 heterocycles. The molecule has 0 aliphatic rings. The average molecular weight is 286 g/mol. The lowest BCUT2D eigenvalue weighted by Crippen LogP contribution is -2.34. The molecule has 1 aromatic rings. The monoisotopic (exact) mass is 285 g/mol. The third kappa shape index (κ3) is 5.09. The summed E-state index contributed by atoms with van der Waals surface area (Å²) in [5, 5.41) is 3.35. The zero-order valence-electron chi connectivity index (χ0n) is 11.5. The molecule has 1 amide bonds.